The molecule has 2 rings (SSSR count). The Balaban J connectivity index is 1.66. The summed E-state index contributed by atoms with van der Waals surface area (Å²) in [6.07, 6.45) is 9.61. The minimum Gasteiger partial charge on any atom is -0.480 e. The highest BCUT2D eigenvalue weighted by Crippen LogP contribution is 2.26. The lowest BCUT2D eigenvalue weighted by atomic mass is 9.88. The Morgan fingerprint density at radius 2 is 1.84 bits per heavy atom. The fourth-order valence-corrected chi connectivity index (χ4v) is 3.60. The van der Waals surface area contributed by atoms with E-state index in [2.05, 4.69) is 10.2 Å². The van der Waals surface area contributed by atoms with Gasteiger partial charge in [-0.3, -0.25) is 4.79 Å². The number of likely N-dealkylation sites (tertiary alicyclic amines) is 1. The Kier molecular flexibility index (Phi) is 6.11. The van der Waals surface area contributed by atoms with E-state index in [1.807, 2.05) is 0 Å². The first kappa shape index (κ1) is 14.8. The maximum Gasteiger partial charge on any atom is 0.317 e. The van der Waals surface area contributed by atoms with E-state index in [0.29, 0.717) is 5.92 Å². The highest BCUT2D eigenvalue weighted by Gasteiger charge is 2.23. The molecular weight excluding hydrogens is 240 g/mol. The number of piperidine rings is 1. The van der Waals surface area contributed by atoms with Gasteiger partial charge in [0.05, 0.1) is 6.54 Å². The molecule has 0 aromatic heterocycles. The third kappa shape index (κ3) is 5.49. The van der Waals surface area contributed by atoms with Crippen molar-refractivity contribution in [3.63, 3.8) is 0 Å². The summed E-state index contributed by atoms with van der Waals surface area (Å²) in [6, 6.07) is 0. The number of nitrogens with zero attached hydrogens (tertiary/aromatic N) is 1. The van der Waals surface area contributed by atoms with Gasteiger partial charge in [-0.2, -0.15) is 0 Å². The molecule has 1 atom stereocenters. The first-order valence-corrected chi connectivity index (χ1v) is 7.89. The smallest absolute Gasteiger partial charge is 0.317 e. The van der Waals surface area contributed by atoms with Crippen molar-refractivity contribution in [1.82, 2.24) is 10.2 Å². The van der Waals surface area contributed by atoms with Crippen molar-refractivity contribution in [2.75, 3.05) is 32.7 Å². The van der Waals surface area contributed by atoms with Crippen LogP contribution < -0.4 is 5.32 Å². The lowest BCUT2D eigenvalue weighted by Gasteiger charge is -2.36. The summed E-state index contributed by atoms with van der Waals surface area (Å²) >= 11 is 0. The molecule has 2 N–H and O–H groups in total. The van der Waals surface area contributed by atoms with Crippen LogP contribution in [0.25, 0.3) is 0 Å². The summed E-state index contributed by atoms with van der Waals surface area (Å²) in [5.74, 6) is 0.797. The molecule has 19 heavy (non-hydrogen) atoms. The van der Waals surface area contributed by atoms with Crippen molar-refractivity contribution in [2.45, 2.75) is 44.9 Å². The number of hydrogen-bond acceptors (Lipinski definition) is 3. The van der Waals surface area contributed by atoms with Gasteiger partial charge in [-0.25, -0.2) is 0 Å². The van der Waals surface area contributed by atoms with Gasteiger partial charge in [-0.15, -0.1) is 0 Å². The zero-order valence-corrected chi connectivity index (χ0v) is 11.9. The molecule has 1 aliphatic carbocycles. The normalized spacial score (nSPS) is 26.4. The van der Waals surface area contributed by atoms with E-state index < -0.39 is 5.97 Å². The molecule has 0 spiro atoms. The van der Waals surface area contributed by atoms with Gasteiger partial charge in [0.25, 0.3) is 0 Å². The molecule has 110 valence electrons. The van der Waals surface area contributed by atoms with Crippen LogP contribution in [-0.2, 0) is 4.79 Å². The molecule has 0 aromatic carbocycles. The molecule has 1 aliphatic heterocycles. The third-order valence-corrected chi connectivity index (χ3v) is 4.55. The van der Waals surface area contributed by atoms with Crippen LogP contribution in [0.1, 0.15) is 44.9 Å². The molecule has 0 bridgehead atoms. The predicted octanol–water partition coefficient (Wildman–Crippen LogP) is 1.95. The third-order valence-electron chi connectivity index (χ3n) is 4.55. The summed E-state index contributed by atoms with van der Waals surface area (Å²) in [6.45, 7) is 4.62. The summed E-state index contributed by atoms with van der Waals surface area (Å²) in [5, 5.41) is 11.7. The highest BCUT2D eigenvalue weighted by atomic mass is 16.4. The lowest BCUT2D eigenvalue weighted by molar-refractivity contribution is -0.136. The summed E-state index contributed by atoms with van der Waals surface area (Å²) in [7, 11) is 0. The Bertz CT molecular complexity index is 277. The zero-order valence-electron chi connectivity index (χ0n) is 11.9. The molecule has 4 heteroatoms. The van der Waals surface area contributed by atoms with Crippen molar-refractivity contribution < 1.29 is 9.90 Å². The Morgan fingerprint density at radius 1 is 1.11 bits per heavy atom. The minimum atomic E-state index is -0.755. The second kappa shape index (κ2) is 7.85. The van der Waals surface area contributed by atoms with Gasteiger partial charge in [-0.1, -0.05) is 19.3 Å². The van der Waals surface area contributed by atoms with Gasteiger partial charge in [0.2, 0.25) is 0 Å². The van der Waals surface area contributed by atoms with Crippen LogP contribution in [0.3, 0.4) is 0 Å². The molecule has 1 saturated carbocycles. The van der Waals surface area contributed by atoms with E-state index in [-0.39, 0.29) is 6.54 Å². The highest BCUT2D eigenvalue weighted by molar-refractivity contribution is 5.68. The van der Waals surface area contributed by atoms with Crippen LogP contribution in [0.15, 0.2) is 0 Å². The van der Waals surface area contributed by atoms with E-state index in [1.165, 1.54) is 58.0 Å². The van der Waals surface area contributed by atoms with Gasteiger partial charge < -0.3 is 15.3 Å². The molecule has 0 radical (unpaired) electrons. The second-order valence-electron chi connectivity index (χ2n) is 6.30. The minimum absolute atomic E-state index is 0.0964. The molecule has 1 saturated heterocycles. The van der Waals surface area contributed by atoms with Gasteiger partial charge in [0.1, 0.15) is 0 Å². The maximum atomic E-state index is 10.5. The Labute approximate surface area is 116 Å². The van der Waals surface area contributed by atoms with Gasteiger partial charge >= 0.3 is 5.97 Å². The number of aliphatic carboxylic acids is 1. The van der Waals surface area contributed by atoms with E-state index in [4.69, 9.17) is 5.11 Å². The van der Waals surface area contributed by atoms with Crippen molar-refractivity contribution in [2.24, 2.45) is 11.8 Å². The van der Waals surface area contributed by atoms with E-state index in [9.17, 15) is 4.79 Å². The largest absolute Gasteiger partial charge is 0.480 e. The number of carboxylic acid groups (broad SMARTS) is 1. The second-order valence-corrected chi connectivity index (χ2v) is 6.30. The maximum absolute atomic E-state index is 10.5. The van der Waals surface area contributed by atoms with Crippen molar-refractivity contribution >= 4 is 5.97 Å². The first-order valence-electron chi connectivity index (χ1n) is 7.89. The van der Waals surface area contributed by atoms with E-state index in [0.717, 1.165) is 19.0 Å². The summed E-state index contributed by atoms with van der Waals surface area (Å²) < 4.78 is 0. The summed E-state index contributed by atoms with van der Waals surface area (Å²) in [5.41, 5.74) is 0. The van der Waals surface area contributed by atoms with Gasteiger partial charge in [-0.05, 0) is 50.6 Å². The fraction of sp³-hybridized carbons (Fsp3) is 0.933. The molecule has 0 aromatic rings. The molecule has 2 fully saturated rings. The van der Waals surface area contributed by atoms with Crippen LogP contribution in [0.5, 0.6) is 0 Å². The average molecular weight is 268 g/mol. The molecule has 1 unspecified atom stereocenters. The van der Waals surface area contributed by atoms with Gasteiger partial charge in [0, 0.05) is 13.1 Å². The van der Waals surface area contributed by atoms with E-state index >= 15 is 0 Å². The Hall–Kier alpha value is -0.610. The molecule has 2 aliphatic rings. The van der Waals surface area contributed by atoms with Gasteiger partial charge in [0.15, 0.2) is 0 Å². The quantitative estimate of drug-likeness (QED) is 0.773. The number of hydrogen-bond donors (Lipinski definition) is 2. The first-order chi connectivity index (χ1) is 9.24. The molecule has 0 amide bonds. The molecule has 4 nitrogen and oxygen atoms in total. The monoisotopic (exact) mass is 268 g/mol. The Morgan fingerprint density at radius 3 is 2.58 bits per heavy atom. The number of carboxylic acids is 1. The number of rotatable bonds is 6. The zero-order chi connectivity index (χ0) is 13.5. The number of carbonyl (C=O) groups is 1. The molecule has 1 heterocycles. The number of nitrogens with one attached hydrogen (secondary N) is 1. The van der Waals surface area contributed by atoms with Crippen molar-refractivity contribution in [3.05, 3.63) is 0 Å². The van der Waals surface area contributed by atoms with Crippen LogP contribution in [0.4, 0.5) is 0 Å². The van der Waals surface area contributed by atoms with Crippen molar-refractivity contribution in [3.8, 4) is 0 Å². The van der Waals surface area contributed by atoms with Crippen LogP contribution in [-0.4, -0.2) is 48.7 Å². The van der Waals surface area contributed by atoms with Crippen LogP contribution >= 0.6 is 0 Å². The molecular formula is C15H28N2O2. The SMILES string of the molecule is O=C(O)CNCC1CCCN(CC2CCCCC2)C1. The van der Waals surface area contributed by atoms with Crippen LogP contribution in [0, 0.1) is 11.8 Å². The van der Waals surface area contributed by atoms with Crippen molar-refractivity contribution in [1.29, 1.82) is 0 Å². The summed E-state index contributed by atoms with van der Waals surface area (Å²) in [4.78, 5) is 13.1. The standard InChI is InChI=1S/C15H28N2O2/c18-15(19)10-16-9-14-7-4-8-17(12-14)11-13-5-2-1-3-6-13/h13-14,16H,1-12H2,(H,18,19). The fourth-order valence-electron chi connectivity index (χ4n) is 3.60. The lowest BCUT2D eigenvalue weighted by Crippen LogP contribution is -2.42. The topological polar surface area (TPSA) is 52.6 Å². The van der Waals surface area contributed by atoms with Crippen LogP contribution in [0.2, 0.25) is 0 Å². The predicted molar refractivity (Wildman–Crippen MR) is 76.2 cm³/mol. The average Bonchev–Trinajstić information content (AvgIpc) is 2.40. The van der Waals surface area contributed by atoms with E-state index in [1.54, 1.807) is 0 Å².